The molecule has 2 fully saturated rings. The van der Waals surface area contributed by atoms with Crippen LogP contribution < -0.4 is 14.7 Å². The second-order valence-electron chi connectivity index (χ2n) is 8.77. The molecule has 2 aliphatic heterocycles. The number of hydrogen-bond donors (Lipinski definition) is 1. The van der Waals surface area contributed by atoms with Crippen molar-refractivity contribution in [3.63, 3.8) is 0 Å². The number of halogens is 1. The topological polar surface area (TPSA) is 83.3 Å². The monoisotopic (exact) mass is 488 g/mol. The van der Waals surface area contributed by atoms with E-state index in [9.17, 15) is 19.1 Å². The molecule has 1 N–H and O–H groups in total. The van der Waals surface area contributed by atoms with E-state index < -0.39 is 29.3 Å². The molecular weight excluding hydrogens is 459 g/mol. The molecule has 34 heavy (non-hydrogen) atoms. The van der Waals surface area contributed by atoms with E-state index in [2.05, 4.69) is 0 Å². The molecule has 0 spiro atoms. The number of quaternary nitrogens is 1. The minimum absolute atomic E-state index is 0.0194. The van der Waals surface area contributed by atoms with Gasteiger partial charge in [-0.25, -0.2) is 4.39 Å². The number of hydrogen-bond acceptors (Lipinski definition) is 6. The predicted octanol–water partition coefficient (Wildman–Crippen LogP) is 1.20. The molecule has 0 aliphatic carbocycles. The Hall–Kier alpha value is -2.75. The summed E-state index contributed by atoms with van der Waals surface area (Å²) in [4.78, 5) is 29.6. The summed E-state index contributed by atoms with van der Waals surface area (Å²) >= 11 is 1.38. The van der Waals surface area contributed by atoms with Crippen molar-refractivity contribution in [1.82, 2.24) is 4.90 Å². The first kappa shape index (κ1) is 24.4. The molecule has 0 bridgehead atoms. The first-order chi connectivity index (χ1) is 16.4. The molecule has 1 aromatic carbocycles. The van der Waals surface area contributed by atoms with Crippen molar-refractivity contribution in [3.8, 4) is 5.75 Å². The van der Waals surface area contributed by atoms with Crippen molar-refractivity contribution < 1.29 is 33.5 Å². The Morgan fingerprint density at radius 3 is 2.71 bits per heavy atom. The number of ether oxygens (including phenoxy) is 2. The van der Waals surface area contributed by atoms with E-state index in [0.29, 0.717) is 13.0 Å². The Bertz CT molecular complexity index is 1060. The van der Waals surface area contributed by atoms with Crippen LogP contribution in [0.15, 0.2) is 41.3 Å². The van der Waals surface area contributed by atoms with Crippen molar-refractivity contribution in [2.24, 2.45) is 0 Å². The van der Waals surface area contributed by atoms with Crippen molar-refractivity contribution in [2.75, 3.05) is 39.4 Å². The molecule has 1 unspecified atom stereocenters. The van der Waals surface area contributed by atoms with Crippen LogP contribution >= 0.6 is 11.3 Å². The smallest absolute Gasteiger partial charge is 0.295 e. The van der Waals surface area contributed by atoms with Gasteiger partial charge in [0, 0.05) is 23.4 Å². The van der Waals surface area contributed by atoms with Crippen LogP contribution in [0.1, 0.15) is 36.8 Å². The number of Topliss-reactive ketones (excluding diaryl/α,β-unsaturated/α-hetero) is 1. The highest BCUT2D eigenvalue weighted by Crippen LogP contribution is 2.40. The van der Waals surface area contributed by atoms with Gasteiger partial charge in [0.1, 0.15) is 13.1 Å². The fourth-order valence-electron chi connectivity index (χ4n) is 4.40. The summed E-state index contributed by atoms with van der Waals surface area (Å²) in [5.74, 6) is -2.78. The fraction of sp³-hybridized carbons (Fsp3) is 0.440. The Morgan fingerprint density at radius 1 is 1.29 bits per heavy atom. The summed E-state index contributed by atoms with van der Waals surface area (Å²) in [5.41, 5.74) is -0.103. The molecule has 2 aliphatic rings. The number of carbonyl (C=O) groups is 2. The van der Waals surface area contributed by atoms with Gasteiger partial charge in [-0.2, -0.15) is 0 Å². The molecule has 1 amide bonds. The van der Waals surface area contributed by atoms with E-state index in [1.807, 2.05) is 17.5 Å². The maximum Gasteiger partial charge on any atom is 0.295 e. The minimum Gasteiger partial charge on any atom is -0.872 e. The lowest BCUT2D eigenvalue weighted by molar-refractivity contribution is -0.908. The van der Waals surface area contributed by atoms with Crippen LogP contribution in [-0.2, 0) is 14.3 Å². The van der Waals surface area contributed by atoms with Crippen LogP contribution in [0.3, 0.4) is 0 Å². The van der Waals surface area contributed by atoms with Gasteiger partial charge in [0.05, 0.1) is 31.9 Å². The van der Waals surface area contributed by atoms with E-state index in [1.165, 1.54) is 33.3 Å². The molecule has 0 saturated carbocycles. The summed E-state index contributed by atoms with van der Waals surface area (Å²) < 4.78 is 25.4. The second-order valence-corrected chi connectivity index (χ2v) is 9.75. The Balaban J connectivity index is 1.62. The van der Waals surface area contributed by atoms with Gasteiger partial charge < -0.3 is 24.4 Å². The highest BCUT2D eigenvalue weighted by molar-refractivity contribution is 7.10. The second kappa shape index (κ2) is 10.7. The van der Waals surface area contributed by atoms with Crippen LogP contribution in [0.4, 0.5) is 4.39 Å². The van der Waals surface area contributed by atoms with Crippen LogP contribution in [0.25, 0.3) is 5.76 Å². The van der Waals surface area contributed by atoms with E-state index in [-0.39, 0.29) is 23.0 Å². The number of thiophene rings is 1. The van der Waals surface area contributed by atoms with Crippen LogP contribution in [0.2, 0.25) is 0 Å². The number of morpholine rings is 1. The number of carbonyl (C=O) groups excluding carboxylic acids is 2. The average molecular weight is 489 g/mol. The normalized spacial score (nSPS) is 20.9. The molecular formula is C25H29FN2O5S. The van der Waals surface area contributed by atoms with Crippen molar-refractivity contribution >= 4 is 28.8 Å². The molecule has 1 aromatic heterocycles. The third-order valence-corrected chi connectivity index (χ3v) is 6.95. The van der Waals surface area contributed by atoms with Crippen LogP contribution in [0.5, 0.6) is 5.75 Å². The lowest BCUT2D eigenvalue weighted by Crippen LogP contribution is -3.14. The number of amides is 1. The average Bonchev–Trinajstić information content (AvgIpc) is 3.43. The summed E-state index contributed by atoms with van der Waals surface area (Å²) in [7, 11) is 0. The molecule has 182 valence electrons. The number of ketones is 1. The summed E-state index contributed by atoms with van der Waals surface area (Å²) in [6.45, 7) is 8.04. The standard InChI is InChI=1S/C25H29FN2O5S/c1-16(2)33-19-7-6-17(15-18(19)26)23(29)21-22(20-5-3-14-34-20)28(25(31)24(21)30)9-4-8-27-10-12-32-13-11-27/h3,5-7,14-16,22,29H,4,8-13H2,1-2H3. The zero-order chi connectivity index (χ0) is 24.2. The first-order valence-electron chi connectivity index (χ1n) is 11.5. The lowest BCUT2D eigenvalue weighted by atomic mass is 9.99. The highest BCUT2D eigenvalue weighted by Gasteiger charge is 2.44. The third kappa shape index (κ3) is 5.16. The van der Waals surface area contributed by atoms with Crippen LogP contribution in [-0.4, -0.2) is 62.1 Å². The zero-order valence-corrected chi connectivity index (χ0v) is 20.2. The fourth-order valence-corrected chi connectivity index (χ4v) is 5.25. The largest absolute Gasteiger partial charge is 0.872 e. The van der Waals surface area contributed by atoms with E-state index in [4.69, 9.17) is 9.47 Å². The zero-order valence-electron chi connectivity index (χ0n) is 19.3. The molecule has 9 heteroatoms. The highest BCUT2D eigenvalue weighted by atomic mass is 32.1. The number of benzene rings is 1. The number of nitrogens with zero attached hydrogens (tertiary/aromatic N) is 1. The Labute approximate surface area is 202 Å². The maximum absolute atomic E-state index is 14.6. The third-order valence-electron chi connectivity index (χ3n) is 6.03. The molecule has 0 radical (unpaired) electrons. The van der Waals surface area contributed by atoms with E-state index >= 15 is 0 Å². The van der Waals surface area contributed by atoms with Crippen molar-refractivity contribution in [3.05, 3.63) is 57.5 Å². The summed E-state index contributed by atoms with van der Waals surface area (Å²) in [5, 5.41) is 15.2. The van der Waals surface area contributed by atoms with Gasteiger partial charge in [-0.05, 0) is 43.0 Å². The Morgan fingerprint density at radius 2 is 2.06 bits per heavy atom. The van der Waals surface area contributed by atoms with Crippen molar-refractivity contribution in [2.45, 2.75) is 32.4 Å². The number of rotatable bonds is 8. The maximum atomic E-state index is 14.6. The summed E-state index contributed by atoms with van der Waals surface area (Å²) in [6.07, 6.45) is 0.476. The van der Waals surface area contributed by atoms with Gasteiger partial charge in [0.15, 0.2) is 11.6 Å². The quantitative estimate of drug-likeness (QED) is 0.343. The molecule has 4 rings (SSSR count). The molecule has 7 nitrogen and oxygen atoms in total. The minimum atomic E-state index is -0.815. The number of likely N-dealkylation sites (tertiary alicyclic amines) is 1. The Kier molecular flexibility index (Phi) is 7.65. The van der Waals surface area contributed by atoms with Gasteiger partial charge in [-0.1, -0.05) is 17.9 Å². The van der Waals surface area contributed by atoms with E-state index in [1.54, 1.807) is 13.8 Å². The molecule has 1 atom stereocenters. The molecule has 3 heterocycles. The van der Waals surface area contributed by atoms with E-state index in [0.717, 1.165) is 43.8 Å². The van der Waals surface area contributed by atoms with Gasteiger partial charge in [-0.15, -0.1) is 11.3 Å². The van der Waals surface area contributed by atoms with Crippen molar-refractivity contribution in [1.29, 1.82) is 0 Å². The summed E-state index contributed by atoms with van der Waals surface area (Å²) in [6, 6.07) is 6.76. The first-order valence-corrected chi connectivity index (χ1v) is 12.4. The SMILES string of the molecule is CC(C)Oc1ccc(C([O-])=C2C(=O)C(=O)N(CCC[NH+]3CCOCC3)C2c2cccs2)cc1F. The molecule has 2 aromatic rings. The van der Waals surface area contributed by atoms with Gasteiger partial charge in [0.2, 0.25) is 5.78 Å². The predicted molar refractivity (Wildman–Crippen MR) is 124 cm³/mol. The van der Waals surface area contributed by atoms with Crippen LogP contribution in [0, 0.1) is 5.82 Å². The van der Waals surface area contributed by atoms with Gasteiger partial charge in [-0.3, -0.25) is 9.59 Å². The number of nitrogens with one attached hydrogen (secondary N) is 1. The molecule has 2 saturated heterocycles. The lowest BCUT2D eigenvalue weighted by Gasteiger charge is -2.28. The van der Waals surface area contributed by atoms with Gasteiger partial charge in [0.25, 0.3) is 5.91 Å². The van der Waals surface area contributed by atoms with Gasteiger partial charge >= 0.3 is 0 Å².